The van der Waals surface area contributed by atoms with Gasteiger partial charge in [-0.25, -0.2) is 0 Å². The van der Waals surface area contributed by atoms with Crippen molar-refractivity contribution < 1.29 is 9.59 Å². The molecule has 1 N–H and O–H groups in total. The Kier molecular flexibility index (Phi) is 4.42. The topological polar surface area (TPSA) is 49.4 Å². The van der Waals surface area contributed by atoms with Gasteiger partial charge in [0.25, 0.3) is 0 Å². The number of aryl methyl sites for hydroxylation is 1. The molecule has 1 aromatic rings. The molecule has 21 heavy (non-hydrogen) atoms. The maximum Gasteiger partial charge on any atom is 0.229 e. The molecule has 1 aromatic carbocycles. The van der Waals surface area contributed by atoms with E-state index in [1.807, 2.05) is 45.9 Å². The van der Waals surface area contributed by atoms with Crippen LogP contribution in [0.5, 0.6) is 0 Å². The largest absolute Gasteiger partial charge is 0.337 e. The van der Waals surface area contributed by atoms with E-state index in [1.165, 1.54) is 0 Å². The van der Waals surface area contributed by atoms with Gasteiger partial charge in [-0.15, -0.1) is 0 Å². The molecule has 0 aliphatic carbocycles. The number of likely N-dealkylation sites (tertiary alicyclic amines) is 1. The molecule has 2 amide bonds. The lowest BCUT2D eigenvalue weighted by atomic mass is 10.1. The summed E-state index contributed by atoms with van der Waals surface area (Å²) in [7, 11) is 0. The highest BCUT2D eigenvalue weighted by atomic mass is 79.9. The van der Waals surface area contributed by atoms with E-state index >= 15 is 0 Å². The second-order valence-corrected chi connectivity index (χ2v) is 7.38. The van der Waals surface area contributed by atoms with Crippen molar-refractivity contribution in [1.82, 2.24) is 4.90 Å². The minimum Gasteiger partial charge on any atom is -0.337 e. The van der Waals surface area contributed by atoms with Crippen LogP contribution >= 0.6 is 15.9 Å². The lowest BCUT2D eigenvalue weighted by Crippen LogP contribution is -2.42. The van der Waals surface area contributed by atoms with E-state index in [9.17, 15) is 9.59 Å². The highest BCUT2D eigenvalue weighted by Crippen LogP contribution is 2.27. The van der Waals surface area contributed by atoms with Crippen molar-refractivity contribution in [1.29, 1.82) is 0 Å². The van der Waals surface area contributed by atoms with Crippen molar-refractivity contribution in [2.24, 2.45) is 5.92 Å². The normalized spacial score (nSPS) is 19.0. The number of anilines is 1. The van der Waals surface area contributed by atoms with Crippen molar-refractivity contribution in [2.75, 3.05) is 11.9 Å². The van der Waals surface area contributed by atoms with E-state index in [0.717, 1.165) is 15.7 Å². The molecule has 1 saturated heterocycles. The summed E-state index contributed by atoms with van der Waals surface area (Å²) in [6, 6.07) is 5.68. The van der Waals surface area contributed by atoms with Gasteiger partial charge in [0, 0.05) is 28.7 Å². The molecule has 0 spiro atoms. The first-order valence-electron chi connectivity index (χ1n) is 7.06. The predicted octanol–water partition coefficient (Wildman–Crippen LogP) is 3.34. The smallest absolute Gasteiger partial charge is 0.229 e. The van der Waals surface area contributed by atoms with Crippen LogP contribution in [0.1, 0.15) is 32.8 Å². The number of benzene rings is 1. The number of nitrogens with zero attached hydrogens (tertiary/aromatic N) is 1. The number of amides is 2. The van der Waals surface area contributed by atoms with Crippen LogP contribution in [0.2, 0.25) is 0 Å². The first-order chi connectivity index (χ1) is 9.68. The highest BCUT2D eigenvalue weighted by molar-refractivity contribution is 9.10. The number of nitrogens with one attached hydrogen (secondary N) is 1. The summed E-state index contributed by atoms with van der Waals surface area (Å²) in [6.07, 6.45) is 0.290. The fourth-order valence-corrected chi connectivity index (χ4v) is 2.74. The van der Waals surface area contributed by atoms with Gasteiger partial charge in [0.05, 0.1) is 5.92 Å². The first-order valence-corrected chi connectivity index (χ1v) is 7.85. The third kappa shape index (κ3) is 3.64. The zero-order valence-electron chi connectivity index (χ0n) is 12.9. The fraction of sp³-hybridized carbons (Fsp3) is 0.500. The molecule has 5 heteroatoms. The summed E-state index contributed by atoms with van der Waals surface area (Å²) in [5.41, 5.74) is 1.59. The summed E-state index contributed by atoms with van der Waals surface area (Å²) in [6.45, 7) is 8.43. The molecule has 2 rings (SSSR count). The minimum atomic E-state index is -0.277. The molecule has 0 radical (unpaired) electrons. The van der Waals surface area contributed by atoms with E-state index in [0.29, 0.717) is 13.0 Å². The zero-order valence-corrected chi connectivity index (χ0v) is 14.5. The summed E-state index contributed by atoms with van der Waals surface area (Å²) in [4.78, 5) is 26.1. The van der Waals surface area contributed by atoms with Gasteiger partial charge in [-0.1, -0.05) is 15.9 Å². The summed E-state index contributed by atoms with van der Waals surface area (Å²) >= 11 is 3.44. The Bertz CT molecular complexity index is 578. The Morgan fingerprint density at radius 3 is 2.57 bits per heavy atom. The molecular formula is C16H21BrN2O2. The molecule has 0 bridgehead atoms. The summed E-state index contributed by atoms with van der Waals surface area (Å²) in [5, 5.41) is 2.91. The molecule has 1 aliphatic heterocycles. The van der Waals surface area contributed by atoms with E-state index in [2.05, 4.69) is 21.2 Å². The third-order valence-electron chi connectivity index (χ3n) is 3.73. The minimum absolute atomic E-state index is 0.0506. The second kappa shape index (κ2) is 5.79. The van der Waals surface area contributed by atoms with Crippen molar-refractivity contribution in [3.05, 3.63) is 28.2 Å². The van der Waals surface area contributed by atoms with Crippen LogP contribution < -0.4 is 5.32 Å². The maximum atomic E-state index is 12.3. The monoisotopic (exact) mass is 352 g/mol. The maximum absolute atomic E-state index is 12.3. The van der Waals surface area contributed by atoms with Gasteiger partial charge in [0.2, 0.25) is 11.8 Å². The average molecular weight is 353 g/mol. The van der Waals surface area contributed by atoms with E-state index in [-0.39, 0.29) is 23.3 Å². The fourth-order valence-electron chi connectivity index (χ4n) is 2.50. The Labute approximate surface area is 134 Å². The van der Waals surface area contributed by atoms with Crippen LogP contribution in [0.25, 0.3) is 0 Å². The number of hydrogen-bond donors (Lipinski definition) is 1. The van der Waals surface area contributed by atoms with Gasteiger partial charge in [0.1, 0.15) is 0 Å². The summed E-state index contributed by atoms with van der Waals surface area (Å²) < 4.78 is 1.01. The van der Waals surface area contributed by atoms with Gasteiger partial charge in [-0.05, 0) is 51.5 Å². The molecule has 1 heterocycles. The Morgan fingerprint density at radius 1 is 1.38 bits per heavy atom. The second-order valence-electron chi connectivity index (χ2n) is 6.53. The first kappa shape index (κ1) is 16.0. The predicted molar refractivity (Wildman–Crippen MR) is 87.1 cm³/mol. The van der Waals surface area contributed by atoms with Crippen LogP contribution in [0.4, 0.5) is 5.69 Å². The third-order valence-corrected chi connectivity index (χ3v) is 4.62. The van der Waals surface area contributed by atoms with E-state index in [1.54, 1.807) is 4.90 Å². The van der Waals surface area contributed by atoms with Gasteiger partial charge in [0.15, 0.2) is 0 Å². The van der Waals surface area contributed by atoms with Gasteiger partial charge in [-0.3, -0.25) is 9.59 Å². The zero-order chi connectivity index (χ0) is 15.8. The SMILES string of the molecule is Cc1cc(NC(=O)C2CC(=O)N(C(C)(C)C)C2)ccc1Br. The molecule has 1 atom stereocenters. The van der Waals surface area contributed by atoms with Crippen LogP contribution in [-0.4, -0.2) is 28.8 Å². The molecule has 4 nitrogen and oxygen atoms in total. The number of hydrogen-bond acceptors (Lipinski definition) is 2. The Morgan fingerprint density at radius 2 is 2.05 bits per heavy atom. The molecule has 0 saturated carbocycles. The average Bonchev–Trinajstić information content (AvgIpc) is 2.76. The number of carbonyl (C=O) groups is 2. The lowest BCUT2D eigenvalue weighted by molar-refractivity contribution is -0.131. The number of carbonyl (C=O) groups excluding carboxylic acids is 2. The number of rotatable bonds is 2. The van der Waals surface area contributed by atoms with Crippen LogP contribution in [0, 0.1) is 12.8 Å². The summed E-state index contributed by atoms with van der Waals surface area (Å²) in [5.74, 6) is -0.313. The van der Waals surface area contributed by atoms with Crippen molar-refractivity contribution in [2.45, 2.75) is 39.7 Å². The Hall–Kier alpha value is -1.36. The van der Waals surface area contributed by atoms with Crippen molar-refractivity contribution in [3.63, 3.8) is 0 Å². The van der Waals surface area contributed by atoms with Gasteiger partial charge >= 0.3 is 0 Å². The highest BCUT2D eigenvalue weighted by Gasteiger charge is 2.39. The van der Waals surface area contributed by atoms with E-state index < -0.39 is 0 Å². The van der Waals surface area contributed by atoms with Crippen molar-refractivity contribution in [3.8, 4) is 0 Å². The Balaban J connectivity index is 2.05. The number of halogens is 1. The lowest BCUT2D eigenvalue weighted by Gasteiger charge is -2.31. The van der Waals surface area contributed by atoms with E-state index in [4.69, 9.17) is 0 Å². The molecule has 1 aliphatic rings. The van der Waals surface area contributed by atoms with Crippen LogP contribution in [0.3, 0.4) is 0 Å². The van der Waals surface area contributed by atoms with Crippen LogP contribution in [0.15, 0.2) is 22.7 Å². The molecule has 1 unspecified atom stereocenters. The standard InChI is InChI=1S/C16H21BrN2O2/c1-10-7-12(5-6-13(10)17)18-15(21)11-8-14(20)19(9-11)16(2,3)4/h5-7,11H,8-9H2,1-4H3,(H,18,21). The van der Waals surface area contributed by atoms with Crippen molar-refractivity contribution >= 4 is 33.4 Å². The van der Waals surface area contributed by atoms with Crippen LogP contribution in [-0.2, 0) is 9.59 Å². The molecule has 0 aromatic heterocycles. The van der Waals surface area contributed by atoms with Gasteiger partial charge in [-0.2, -0.15) is 0 Å². The quantitative estimate of drug-likeness (QED) is 0.887. The molecular weight excluding hydrogens is 332 g/mol. The molecule has 114 valence electrons. The van der Waals surface area contributed by atoms with Gasteiger partial charge < -0.3 is 10.2 Å². The molecule has 1 fully saturated rings.